The lowest BCUT2D eigenvalue weighted by Crippen LogP contribution is -2.28. The van der Waals surface area contributed by atoms with Crippen molar-refractivity contribution in [3.05, 3.63) is 34.9 Å². The van der Waals surface area contributed by atoms with Gasteiger partial charge < -0.3 is 5.32 Å². The largest absolute Gasteiger partial charge is 0.352 e. The maximum atomic E-state index is 12.0. The van der Waals surface area contributed by atoms with E-state index < -0.39 is 0 Å². The highest BCUT2D eigenvalue weighted by molar-refractivity contribution is 6.20. The second kappa shape index (κ2) is 5.75. The summed E-state index contributed by atoms with van der Waals surface area (Å²) in [6.07, 6.45) is 3.22. The molecule has 98 valence electrons. The number of amides is 1. The van der Waals surface area contributed by atoms with Gasteiger partial charge in [-0.05, 0) is 62.3 Å². The van der Waals surface area contributed by atoms with E-state index in [4.69, 9.17) is 11.6 Å². The van der Waals surface area contributed by atoms with Crippen molar-refractivity contribution in [2.75, 3.05) is 6.54 Å². The Balaban J connectivity index is 1.89. The van der Waals surface area contributed by atoms with Gasteiger partial charge in [0, 0.05) is 17.5 Å². The first kappa shape index (κ1) is 13.4. The van der Waals surface area contributed by atoms with Gasteiger partial charge in [-0.2, -0.15) is 0 Å². The minimum atomic E-state index is 0.0242. The SMILES string of the molecule is Cc1ccc(C(=O)NCC2CCC(Cl)C2)cc1C. The Bertz CT molecular complexity index is 444. The first-order valence-corrected chi connectivity index (χ1v) is 6.99. The lowest BCUT2D eigenvalue weighted by Gasteiger charge is -2.11. The van der Waals surface area contributed by atoms with Crippen LogP contribution in [0.15, 0.2) is 18.2 Å². The van der Waals surface area contributed by atoms with Crippen molar-refractivity contribution in [1.82, 2.24) is 5.32 Å². The van der Waals surface area contributed by atoms with Crippen LogP contribution >= 0.6 is 11.6 Å². The van der Waals surface area contributed by atoms with Crippen molar-refractivity contribution >= 4 is 17.5 Å². The van der Waals surface area contributed by atoms with Crippen LogP contribution in [0.4, 0.5) is 0 Å². The minimum Gasteiger partial charge on any atom is -0.352 e. The zero-order valence-corrected chi connectivity index (χ0v) is 11.8. The summed E-state index contributed by atoms with van der Waals surface area (Å²) in [7, 11) is 0. The monoisotopic (exact) mass is 265 g/mol. The number of benzene rings is 1. The van der Waals surface area contributed by atoms with Gasteiger partial charge in [0.05, 0.1) is 0 Å². The number of carbonyl (C=O) groups is 1. The predicted molar refractivity (Wildman–Crippen MR) is 75.2 cm³/mol. The van der Waals surface area contributed by atoms with E-state index in [1.807, 2.05) is 25.1 Å². The number of hydrogen-bond donors (Lipinski definition) is 1. The van der Waals surface area contributed by atoms with E-state index in [0.29, 0.717) is 11.3 Å². The highest BCUT2D eigenvalue weighted by Gasteiger charge is 2.23. The number of nitrogens with one attached hydrogen (secondary N) is 1. The van der Waals surface area contributed by atoms with Crippen molar-refractivity contribution in [1.29, 1.82) is 0 Å². The first-order chi connectivity index (χ1) is 8.56. The third-order valence-corrected chi connectivity index (χ3v) is 4.19. The van der Waals surface area contributed by atoms with E-state index in [9.17, 15) is 4.79 Å². The maximum Gasteiger partial charge on any atom is 0.251 e. The number of halogens is 1. The molecule has 0 saturated heterocycles. The molecule has 1 saturated carbocycles. The van der Waals surface area contributed by atoms with E-state index >= 15 is 0 Å². The molecule has 2 atom stereocenters. The van der Waals surface area contributed by atoms with Gasteiger partial charge in [0.2, 0.25) is 0 Å². The molecule has 0 aromatic heterocycles. The van der Waals surface area contributed by atoms with E-state index in [-0.39, 0.29) is 5.91 Å². The molecule has 1 N–H and O–H groups in total. The average Bonchev–Trinajstić information content (AvgIpc) is 2.75. The lowest BCUT2D eigenvalue weighted by molar-refractivity contribution is 0.0947. The Labute approximate surface area is 114 Å². The highest BCUT2D eigenvalue weighted by Crippen LogP contribution is 2.28. The average molecular weight is 266 g/mol. The van der Waals surface area contributed by atoms with Crippen LogP contribution in [0.5, 0.6) is 0 Å². The van der Waals surface area contributed by atoms with Crippen molar-refractivity contribution in [2.45, 2.75) is 38.5 Å². The Morgan fingerprint density at radius 3 is 2.72 bits per heavy atom. The summed E-state index contributed by atoms with van der Waals surface area (Å²) in [5.41, 5.74) is 3.12. The third kappa shape index (κ3) is 3.26. The number of aryl methyl sites for hydroxylation is 2. The van der Waals surface area contributed by atoms with Gasteiger partial charge in [-0.15, -0.1) is 11.6 Å². The number of hydrogen-bond acceptors (Lipinski definition) is 1. The zero-order valence-electron chi connectivity index (χ0n) is 11.0. The summed E-state index contributed by atoms with van der Waals surface area (Å²) < 4.78 is 0. The molecule has 3 heteroatoms. The molecule has 1 aliphatic carbocycles. The molecule has 0 heterocycles. The van der Waals surface area contributed by atoms with E-state index in [1.54, 1.807) is 0 Å². The Hall–Kier alpha value is -1.02. The van der Waals surface area contributed by atoms with E-state index in [0.717, 1.165) is 36.9 Å². The smallest absolute Gasteiger partial charge is 0.251 e. The minimum absolute atomic E-state index is 0.0242. The van der Waals surface area contributed by atoms with Crippen molar-refractivity contribution < 1.29 is 4.79 Å². The van der Waals surface area contributed by atoms with Crippen LogP contribution in [0, 0.1) is 19.8 Å². The first-order valence-electron chi connectivity index (χ1n) is 6.56. The van der Waals surface area contributed by atoms with Gasteiger partial charge in [-0.1, -0.05) is 6.07 Å². The molecule has 18 heavy (non-hydrogen) atoms. The fourth-order valence-corrected chi connectivity index (χ4v) is 2.80. The molecule has 1 aromatic carbocycles. The molecule has 1 fully saturated rings. The Kier molecular flexibility index (Phi) is 4.28. The maximum absolute atomic E-state index is 12.0. The van der Waals surface area contributed by atoms with Crippen LogP contribution in [0.1, 0.15) is 40.7 Å². The molecule has 1 aromatic rings. The third-order valence-electron chi connectivity index (χ3n) is 3.80. The standard InChI is InChI=1S/C15H20ClNO/c1-10-3-5-13(7-11(10)2)15(18)17-9-12-4-6-14(16)8-12/h3,5,7,12,14H,4,6,8-9H2,1-2H3,(H,17,18). The number of rotatable bonds is 3. The molecule has 0 aliphatic heterocycles. The Morgan fingerprint density at radius 1 is 1.33 bits per heavy atom. The topological polar surface area (TPSA) is 29.1 Å². The molecular formula is C15H20ClNO. The number of carbonyl (C=O) groups excluding carboxylic acids is 1. The zero-order chi connectivity index (χ0) is 13.1. The van der Waals surface area contributed by atoms with Crippen molar-refractivity contribution in [2.24, 2.45) is 5.92 Å². The van der Waals surface area contributed by atoms with Gasteiger partial charge in [0.15, 0.2) is 0 Å². The summed E-state index contributed by atoms with van der Waals surface area (Å²) >= 11 is 6.06. The Morgan fingerprint density at radius 2 is 2.11 bits per heavy atom. The van der Waals surface area contributed by atoms with Crippen LogP contribution in [-0.4, -0.2) is 17.8 Å². The second-order valence-electron chi connectivity index (χ2n) is 5.29. The van der Waals surface area contributed by atoms with Crippen molar-refractivity contribution in [3.8, 4) is 0 Å². The van der Waals surface area contributed by atoms with E-state index in [2.05, 4.69) is 12.2 Å². The molecule has 2 rings (SSSR count). The van der Waals surface area contributed by atoms with Crippen LogP contribution in [0.2, 0.25) is 0 Å². The summed E-state index contributed by atoms with van der Waals surface area (Å²) in [4.78, 5) is 12.0. The van der Waals surface area contributed by atoms with Crippen LogP contribution < -0.4 is 5.32 Å². The molecule has 0 spiro atoms. The van der Waals surface area contributed by atoms with Crippen molar-refractivity contribution in [3.63, 3.8) is 0 Å². The van der Waals surface area contributed by atoms with E-state index in [1.165, 1.54) is 5.56 Å². The summed E-state index contributed by atoms with van der Waals surface area (Å²) in [5, 5.41) is 3.31. The summed E-state index contributed by atoms with van der Waals surface area (Å²) in [5.74, 6) is 0.569. The second-order valence-corrected chi connectivity index (χ2v) is 5.90. The molecular weight excluding hydrogens is 246 g/mol. The quantitative estimate of drug-likeness (QED) is 0.834. The molecule has 0 radical (unpaired) electrons. The molecule has 0 bridgehead atoms. The normalized spacial score (nSPS) is 23.1. The fourth-order valence-electron chi connectivity index (χ4n) is 2.42. The molecule has 1 aliphatic rings. The molecule has 2 nitrogen and oxygen atoms in total. The fraction of sp³-hybridized carbons (Fsp3) is 0.533. The van der Waals surface area contributed by atoms with Gasteiger partial charge in [0.1, 0.15) is 0 Å². The number of alkyl halides is 1. The van der Waals surface area contributed by atoms with Gasteiger partial charge >= 0.3 is 0 Å². The lowest BCUT2D eigenvalue weighted by atomic mass is 10.1. The summed E-state index contributed by atoms with van der Waals surface area (Å²) in [6, 6.07) is 5.83. The highest BCUT2D eigenvalue weighted by atomic mass is 35.5. The van der Waals surface area contributed by atoms with Crippen LogP contribution in [0.3, 0.4) is 0 Å². The van der Waals surface area contributed by atoms with Gasteiger partial charge in [0.25, 0.3) is 5.91 Å². The summed E-state index contributed by atoms with van der Waals surface area (Å²) in [6.45, 7) is 4.83. The van der Waals surface area contributed by atoms with Gasteiger partial charge in [-0.25, -0.2) is 0 Å². The van der Waals surface area contributed by atoms with Crippen LogP contribution in [0.25, 0.3) is 0 Å². The molecule has 1 amide bonds. The molecule has 2 unspecified atom stereocenters. The van der Waals surface area contributed by atoms with Gasteiger partial charge in [-0.3, -0.25) is 4.79 Å². The predicted octanol–water partition coefficient (Wildman–Crippen LogP) is 3.44. The van der Waals surface area contributed by atoms with Crippen LogP contribution in [-0.2, 0) is 0 Å².